The molecule has 0 spiro atoms. The van der Waals surface area contributed by atoms with Gasteiger partial charge in [-0.2, -0.15) is 0 Å². The predicted molar refractivity (Wildman–Crippen MR) is 63.9 cm³/mol. The highest BCUT2D eigenvalue weighted by Gasteiger charge is 2.17. The molecule has 2 heterocycles. The number of para-hydroxylation sites is 1. The first-order chi connectivity index (χ1) is 8.75. The van der Waals surface area contributed by atoms with Gasteiger partial charge in [-0.15, -0.1) is 0 Å². The molecule has 0 atom stereocenters. The summed E-state index contributed by atoms with van der Waals surface area (Å²) in [5.41, 5.74) is 1.33. The van der Waals surface area contributed by atoms with Crippen LogP contribution in [-0.2, 0) is 0 Å². The Morgan fingerprint density at radius 1 is 1.17 bits per heavy atom. The number of nitro groups is 1. The van der Waals surface area contributed by atoms with Crippen LogP contribution in [0.25, 0.3) is 22.6 Å². The topological polar surface area (TPSA) is 82.1 Å². The maximum Gasteiger partial charge on any atom is 0.298 e. The molecule has 0 aliphatic rings. The van der Waals surface area contributed by atoms with Crippen LogP contribution in [0.15, 0.2) is 47.1 Å². The standard InChI is InChI=1S/C12H7N3O3/c16-15(17)9-2-1-3-10-11(9)14-12(18-10)8-4-6-13-7-5-8/h1-7H. The van der Waals surface area contributed by atoms with Crippen molar-refractivity contribution in [3.8, 4) is 11.5 Å². The van der Waals surface area contributed by atoms with Gasteiger partial charge in [-0.3, -0.25) is 15.1 Å². The third-order valence-electron chi connectivity index (χ3n) is 2.52. The third kappa shape index (κ3) is 1.60. The van der Waals surface area contributed by atoms with E-state index in [9.17, 15) is 10.1 Å². The van der Waals surface area contributed by atoms with Crippen LogP contribution in [0.5, 0.6) is 0 Å². The Balaban J connectivity index is 2.23. The van der Waals surface area contributed by atoms with E-state index in [1.54, 1.807) is 36.7 Å². The van der Waals surface area contributed by atoms with Gasteiger partial charge in [0.15, 0.2) is 11.1 Å². The first-order valence-electron chi connectivity index (χ1n) is 5.20. The van der Waals surface area contributed by atoms with E-state index in [-0.39, 0.29) is 11.2 Å². The average Bonchev–Trinajstić information content (AvgIpc) is 2.83. The molecule has 1 aromatic carbocycles. The number of hydrogen-bond donors (Lipinski definition) is 0. The number of aromatic nitrogens is 2. The summed E-state index contributed by atoms with van der Waals surface area (Å²) in [7, 11) is 0. The SMILES string of the molecule is O=[N+]([O-])c1cccc2oc(-c3ccncc3)nc12. The van der Waals surface area contributed by atoms with Crippen molar-refractivity contribution in [3.05, 3.63) is 52.8 Å². The lowest BCUT2D eigenvalue weighted by Crippen LogP contribution is -1.88. The van der Waals surface area contributed by atoms with Crippen molar-refractivity contribution in [1.29, 1.82) is 0 Å². The molecule has 0 aliphatic carbocycles. The van der Waals surface area contributed by atoms with Crippen LogP contribution in [0.2, 0.25) is 0 Å². The zero-order valence-corrected chi connectivity index (χ0v) is 9.11. The maximum absolute atomic E-state index is 10.9. The summed E-state index contributed by atoms with van der Waals surface area (Å²) in [6.07, 6.45) is 3.22. The molecule has 0 radical (unpaired) electrons. The fourth-order valence-corrected chi connectivity index (χ4v) is 1.70. The number of non-ortho nitro benzene ring substituents is 1. The molecular weight excluding hydrogens is 234 g/mol. The summed E-state index contributed by atoms with van der Waals surface area (Å²) in [5.74, 6) is 0.349. The largest absolute Gasteiger partial charge is 0.436 e. The molecule has 0 amide bonds. The molecule has 0 N–H and O–H groups in total. The molecule has 0 saturated carbocycles. The number of pyridine rings is 1. The molecule has 0 unspecified atom stereocenters. The van der Waals surface area contributed by atoms with E-state index in [0.29, 0.717) is 11.5 Å². The van der Waals surface area contributed by atoms with Gasteiger partial charge in [0.1, 0.15) is 0 Å². The maximum atomic E-state index is 10.9. The third-order valence-corrected chi connectivity index (χ3v) is 2.52. The molecule has 0 fully saturated rings. The molecule has 18 heavy (non-hydrogen) atoms. The normalized spacial score (nSPS) is 10.7. The van der Waals surface area contributed by atoms with E-state index >= 15 is 0 Å². The van der Waals surface area contributed by atoms with E-state index in [2.05, 4.69) is 9.97 Å². The van der Waals surface area contributed by atoms with Crippen molar-refractivity contribution in [1.82, 2.24) is 9.97 Å². The second kappa shape index (κ2) is 3.92. The van der Waals surface area contributed by atoms with Crippen molar-refractivity contribution >= 4 is 16.8 Å². The summed E-state index contributed by atoms with van der Waals surface area (Å²) in [5, 5.41) is 10.9. The van der Waals surface area contributed by atoms with Crippen LogP contribution in [0.4, 0.5) is 5.69 Å². The molecule has 0 aliphatic heterocycles. The van der Waals surface area contributed by atoms with Crippen molar-refractivity contribution in [2.24, 2.45) is 0 Å². The van der Waals surface area contributed by atoms with E-state index in [0.717, 1.165) is 5.56 Å². The molecule has 3 aromatic rings. The van der Waals surface area contributed by atoms with E-state index < -0.39 is 4.92 Å². The lowest BCUT2D eigenvalue weighted by atomic mass is 10.3. The van der Waals surface area contributed by atoms with Gasteiger partial charge in [0.25, 0.3) is 5.69 Å². The van der Waals surface area contributed by atoms with Crippen LogP contribution in [0.1, 0.15) is 0 Å². The lowest BCUT2D eigenvalue weighted by Gasteiger charge is -1.91. The fraction of sp³-hybridized carbons (Fsp3) is 0. The van der Waals surface area contributed by atoms with Crippen LogP contribution in [0, 0.1) is 10.1 Å². The quantitative estimate of drug-likeness (QED) is 0.509. The Bertz CT molecular complexity index is 722. The minimum absolute atomic E-state index is 0.0587. The van der Waals surface area contributed by atoms with Crippen molar-refractivity contribution in [2.75, 3.05) is 0 Å². The molecule has 88 valence electrons. The number of rotatable bonds is 2. The summed E-state index contributed by atoms with van der Waals surface area (Å²) < 4.78 is 5.50. The monoisotopic (exact) mass is 241 g/mol. The highest BCUT2D eigenvalue weighted by molar-refractivity contribution is 5.84. The number of nitrogens with zero attached hydrogens (tertiary/aromatic N) is 3. The van der Waals surface area contributed by atoms with Crippen LogP contribution in [0.3, 0.4) is 0 Å². The van der Waals surface area contributed by atoms with Crippen molar-refractivity contribution in [3.63, 3.8) is 0 Å². The number of oxazole rings is 1. The van der Waals surface area contributed by atoms with Crippen molar-refractivity contribution in [2.45, 2.75) is 0 Å². The smallest absolute Gasteiger partial charge is 0.298 e. The van der Waals surface area contributed by atoms with Gasteiger partial charge in [-0.25, -0.2) is 4.98 Å². The van der Waals surface area contributed by atoms with Gasteiger partial charge in [0, 0.05) is 24.0 Å². The fourth-order valence-electron chi connectivity index (χ4n) is 1.70. The van der Waals surface area contributed by atoms with Gasteiger partial charge >= 0.3 is 0 Å². The molecular formula is C12H7N3O3. The zero-order chi connectivity index (χ0) is 12.5. The summed E-state index contributed by atoms with van der Waals surface area (Å²) in [4.78, 5) is 18.5. The Kier molecular flexibility index (Phi) is 2.26. The number of hydrogen-bond acceptors (Lipinski definition) is 5. The van der Waals surface area contributed by atoms with Crippen LogP contribution >= 0.6 is 0 Å². The second-order valence-corrected chi connectivity index (χ2v) is 3.64. The van der Waals surface area contributed by atoms with Gasteiger partial charge in [-0.1, -0.05) is 6.07 Å². The Morgan fingerprint density at radius 2 is 1.94 bits per heavy atom. The molecule has 0 bridgehead atoms. The summed E-state index contributed by atoms with van der Waals surface area (Å²) in [6, 6.07) is 8.09. The second-order valence-electron chi connectivity index (χ2n) is 3.64. The highest BCUT2D eigenvalue weighted by atomic mass is 16.6. The summed E-state index contributed by atoms with van der Waals surface area (Å²) in [6.45, 7) is 0. The summed E-state index contributed by atoms with van der Waals surface area (Å²) >= 11 is 0. The highest BCUT2D eigenvalue weighted by Crippen LogP contribution is 2.29. The number of benzene rings is 1. The van der Waals surface area contributed by atoms with Gasteiger partial charge in [-0.05, 0) is 18.2 Å². The van der Waals surface area contributed by atoms with Crippen molar-refractivity contribution < 1.29 is 9.34 Å². The van der Waals surface area contributed by atoms with E-state index in [4.69, 9.17) is 4.42 Å². The molecule has 6 heteroatoms. The predicted octanol–water partition coefficient (Wildman–Crippen LogP) is 2.80. The molecule has 0 saturated heterocycles. The Morgan fingerprint density at radius 3 is 2.67 bits per heavy atom. The number of nitro benzene ring substituents is 1. The first-order valence-corrected chi connectivity index (χ1v) is 5.20. The van der Waals surface area contributed by atoms with E-state index in [1.165, 1.54) is 6.07 Å². The first kappa shape index (κ1) is 10.4. The van der Waals surface area contributed by atoms with Gasteiger partial charge in [0.2, 0.25) is 5.89 Å². The van der Waals surface area contributed by atoms with Gasteiger partial charge in [0.05, 0.1) is 4.92 Å². The van der Waals surface area contributed by atoms with Gasteiger partial charge < -0.3 is 4.42 Å². The number of fused-ring (bicyclic) bond motifs is 1. The zero-order valence-electron chi connectivity index (χ0n) is 9.11. The van der Waals surface area contributed by atoms with Crippen LogP contribution in [-0.4, -0.2) is 14.9 Å². The molecule has 3 rings (SSSR count). The minimum Gasteiger partial charge on any atom is -0.436 e. The Hall–Kier alpha value is -2.76. The lowest BCUT2D eigenvalue weighted by molar-refractivity contribution is -0.383. The minimum atomic E-state index is -0.471. The Labute approximate surface area is 101 Å². The average molecular weight is 241 g/mol. The van der Waals surface area contributed by atoms with Crippen LogP contribution < -0.4 is 0 Å². The molecule has 6 nitrogen and oxygen atoms in total. The molecule has 2 aromatic heterocycles. The van der Waals surface area contributed by atoms with E-state index in [1.807, 2.05) is 0 Å².